The molecule has 4 rings (SSSR count). The van der Waals surface area contributed by atoms with E-state index in [9.17, 15) is 9.59 Å². The van der Waals surface area contributed by atoms with Gasteiger partial charge in [-0.15, -0.1) is 11.3 Å². The van der Waals surface area contributed by atoms with Crippen LogP contribution in [0.25, 0.3) is 0 Å². The number of thiazole rings is 1. The molecule has 2 aromatic carbocycles. The molecule has 6 nitrogen and oxygen atoms in total. The smallest absolute Gasteiger partial charge is 0.271 e. The fraction of sp³-hybridized carbons (Fsp3) is 0.370. The Morgan fingerprint density at radius 1 is 1.15 bits per heavy atom. The van der Waals surface area contributed by atoms with Gasteiger partial charge in [-0.3, -0.25) is 14.5 Å². The van der Waals surface area contributed by atoms with Gasteiger partial charge in [0.05, 0.1) is 16.8 Å². The monoisotopic (exact) mass is 477 g/mol. The van der Waals surface area contributed by atoms with Gasteiger partial charge in [0, 0.05) is 18.8 Å². The number of ether oxygens (including phenoxy) is 1. The first kappa shape index (κ1) is 24.1. The van der Waals surface area contributed by atoms with Gasteiger partial charge in [0.25, 0.3) is 5.91 Å². The molecule has 0 aliphatic carbocycles. The minimum Gasteiger partial charge on any atom is -0.376 e. The van der Waals surface area contributed by atoms with Crippen LogP contribution in [0.1, 0.15) is 55.9 Å². The largest absolute Gasteiger partial charge is 0.376 e. The van der Waals surface area contributed by atoms with E-state index in [-0.39, 0.29) is 17.9 Å². The summed E-state index contributed by atoms with van der Waals surface area (Å²) in [6.07, 6.45) is 1.94. The quantitative estimate of drug-likeness (QED) is 0.516. The number of nitrogens with zero attached hydrogens (tertiary/aromatic N) is 2. The minimum atomic E-state index is -0.836. The number of carbonyl (C=O) groups excluding carboxylic acids is 2. The zero-order valence-electron chi connectivity index (χ0n) is 20.1. The molecule has 2 atom stereocenters. The zero-order chi connectivity index (χ0) is 24.2. The molecule has 2 unspecified atom stereocenters. The maximum absolute atomic E-state index is 14.1. The van der Waals surface area contributed by atoms with Gasteiger partial charge in [-0.2, -0.15) is 0 Å². The van der Waals surface area contributed by atoms with E-state index in [1.54, 1.807) is 4.90 Å². The van der Waals surface area contributed by atoms with Crippen molar-refractivity contribution in [1.82, 2.24) is 10.3 Å². The molecular weight excluding hydrogens is 446 g/mol. The van der Waals surface area contributed by atoms with Gasteiger partial charge in [0.2, 0.25) is 5.91 Å². The highest BCUT2D eigenvalue weighted by molar-refractivity contribution is 7.13. The maximum Gasteiger partial charge on any atom is 0.271 e. The second-order valence-corrected chi connectivity index (χ2v) is 10.0. The van der Waals surface area contributed by atoms with Crippen LogP contribution in [0.5, 0.6) is 0 Å². The predicted octanol–water partition coefficient (Wildman–Crippen LogP) is 5.06. The Hall–Kier alpha value is -3.03. The van der Waals surface area contributed by atoms with Crippen molar-refractivity contribution < 1.29 is 14.3 Å². The van der Waals surface area contributed by atoms with Crippen LogP contribution in [-0.2, 0) is 9.53 Å². The molecule has 1 saturated heterocycles. The SMILES string of the molecule is Cc1ccc(C)c(N(C(=O)c2sc(C)nc2C)C(C(=O)NCC2CCCO2)c2ccccc2)c1. The molecule has 1 fully saturated rings. The number of rotatable bonds is 7. The van der Waals surface area contributed by atoms with Gasteiger partial charge in [-0.05, 0) is 63.3 Å². The summed E-state index contributed by atoms with van der Waals surface area (Å²) in [4.78, 5) is 34.5. The highest BCUT2D eigenvalue weighted by atomic mass is 32.1. The second-order valence-electron chi connectivity index (χ2n) is 8.81. The predicted molar refractivity (Wildman–Crippen MR) is 135 cm³/mol. The highest BCUT2D eigenvalue weighted by Gasteiger charge is 2.36. The van der Waals surface area contributed by atoms with Gasteiger partial charge in [-0.1, -0.05) is 42.5 Å². The number of aryl methyl sites for hydroxylation is 4. The van der Waals surface area contributed by atoms with Crippen LogP contribution < -0.4 is 10.2 Å². The number of nitrogens with one attached hydrogen (secondary N) is 1. The Balaban J connectivity index is 1.81. The average molecular weight is 478 g/mol. The Morgan fingerprint density at radius 3 is 2.56 bits per heavy atom. The molecular formula is C27H31N3O3S. The lowest BCUT2D eigenvalue weighted by atomic mass is 10.0. The molecule has 0 radical (unpaired) electrons. The lowest BCUT2D eigenvalue weighted by Gasteiger charge is -2.33. The summed E-state index contributed by atoms with van der Waals surface area (Å²) >= 11 is 1.36. The van der Waals surface area contributed by atoms with Gasteiger partial charge in [0.1, 0.15) is 10.9 Å². The Labute approximate surface area is 205 Å². The number of carbonyl (C=O) groups is 2. The number of amides is 2. The first-order valence-electron chi connectivity index (χ1n) is 11.6. The maximum atomic E-state index is 14.1. The van der Waals surface area contributed by atoms with Crippen molar-refractivity contribution in [1.29, 1.82) is 0 Å². The fourth-order valence-corrected chi connectivity index (χ4v) is 5.21. The molecule has 3 aromatic rings. The minimum absolute atomic E-state index is 0.0108. The van der Waals surface area contributed by atoms with Crippen LogP contribution in [0.15, 0.2) is 48.5 Å². The van der Waals surface area contributed by atoms with Gasteiger partial charge in [0.15, 0.2) is 0 Å². The van der Waals surface area contributed by atoms with E-state index in [2.05, 4.69) is 10.3 Å². The molecule has 1 aliphatic heterocycles. The number of anilines is 1. The fourth-order valence-electron chi connectivity index (χ4n) is 4.35. The lowest BCUT2D eigenvalue weighted by Crippen LogP contribution is -2.46. The van der Waals surface area contributed by atoms with Crippen LogP contribution in [0.4, 0.5) is 5.69 Å². The van der Waals surface area contributed by atoms with Crippen LogP contribution in [-0.4, -0.2) is 36.1 Å². The van der Waals surface area contributed by atoms with E-state index in [1.807, 2.05) is 76.2 Å². The number of hydrogen-bond donors (Lipinski definition) is 1. The second kappa shape index (κ2) is 10.5. The third-order valence-electron chi connectivity index (χ3n) is 6.09. The molecule has 2 amide bonds. The van der Waals surface area contributed by atoms with E-state index in [1.165, 1.54) is 11.3 Å². The van der Waals surface area contributed by atoms with E-state index in [4.69, 9.17) is 4.74 Å². The number of hydrogen-bond acceptors (Lipinski definition) is 5. The van der Waals surface area contributed by atoms with Crippen molar-refractivity contribution in [2.24, 2.45) is 0 Å². The number of benzene rings is 2. The normalized spacial score (nSPS) is 16.3. The molecule has 0 spiro atoms. The highest BCUT2D eigenvalue weighted by Crippen LogP contribution is 2.34. The summed E-state index contributed by atoms with van der Waals surface area (Å²) in [7, 11) is 0. The van der Waals surface area contributed by atoms with E-state index < -0.39 is 6.04 Å². The van der Waals surface area contributed by atoms with Crippen molar-refractivity contribution in [3.63, 3.8) is 0 Å². The van der Waals surface area contributed by atoms with Gasteiger partial charge < -0.3 is 10.1 Å². The summed E-state index contributed by atoms with van der Waals surface area (Å²) in [6, 6.07) is 14.6. The molecule has 34 heavy (non-hydrogen) atoms. The van der Waals surface area contributed by atoms with E-state index in [0.29, 0.717) is 17.1 Å². The summed E-state index contributed by atoms with van der Waals surface area (Å²) in [6.45, 7) is 8.83. The Morgan fingerprint density at radius 2 is 1.91 bits per heavy atom. The van der Waals surface area contributed by atoms with Crippen LogP contribution in [0.2, 0.25) is 0 Å². The van der Waals surface area contributed by atoms with Crippen molar-refractivity contribution in [2.75, 3.05) is 18.1 Å². The first-order valence-corrected chi connectivity index (χ1v) is 12.5. The molecule has 2 heterocycles. The van der Waals surface area contributed by atoms with Crippen molar-refractivity contribution in [3.05, 3.63) is 80.8 Å². The first-order chi connectivity index (χ1) is 16.3. The molecule has 7 heteroatoms. The molecule has 1 aliphatic rings. The summed E-state index contributed by atoms with van der Waals surface area (Å²) in [5.74, 6) is -0.451. The molecule has 178 valence electrons. The summed E-state index contributed by atoms with van der Waals surface area (Å²) < 4.78 is 5.70. The van der Waals surface area contributed by atoms with Gasteiger partial charge in [-0.25, -0.2) is 4.98 Å². The number of aromatic nitrogens is 1. The third kappa shape index (κ3) is 5.21. The standard InChI is InChI=1S/C27H31N3O3S/c1-17-12-13-18(2)23(15-17)30(27(32)25-19(3)29-20(4)34-25)24(21-9-6-5-7-10-21)26(31)28-16-22-11-8-14-33-22/h5-7,9-10,12-13,15,22,24H,8,11,14,16H2,1-4H3,(H,28,31). The van der Waals surface area contributed by atoms with Crippen molar-refractivity contribution >= 4 is 28.8 Å². The van der Waals surface area contributed by atoms with Crippen LogP contribution >= 0.6 is 11.3 Å². The Bertz CT molecular complexity index is 1170. The Kier molecular flexibility index (Phi) is 7.44. The lowest BCUT2D eigenvalue weighted by molar-refractivity contribution is -0.123. The van der Waals surface area contributed by atoms with E-state index in [0.717, 1.165) is 46.8 Å². The topological polar surface area (TPSA) is 71.5 Å². The summed E-state index contributed by atoms with van der Waals surface area (Å²) in [5.41, 5.74) is 4.08. The van der Waals surface area contributed by atoms with Gasteiger partial charge >= 0.3 is 0 Å². The van der Waals surface area contributed by atoms with E-state index >= 15 is 0 Å². The van der Waals surface area contributed by atoms with Crippen molar-refractivity contribution in [2.45, 2.75) is 52.7 Å². The average Bonchev–Trinajstić information content (AvgIpc) is 3.46. The third-order valence-corrected chi connectivity index (χ3v) is 7.15. The van der Waals surface area contributed by atoms with Crippen LogP contribution in [0.3, 0.4) is 0 Å². The molecule has 0 saturated carbocycles. The van der Waals surface area contributed by atoms with Crippen LogP contribution in [0, 0.1) is 27.7 Å². The van der Waals surface area contributed by atoms with Crippen molar-refractivity contribution in [3.8, 4) is 0 Å². The molecule has 1 aromatic heterocycles. The molecule has 1 N–H and O–H groups in total. The summed E-state index contributed by atoms with van der Waals surface area (Å²) in [5, 5.41) is 3.88. The molecule has 0 bridgehead atoms. The zero-order valence-corrected chi connectivity index (χ0v) is 20.9.